The van der Waals surface area contributed by atoms with E-state index in [2.05, 4.69) is 42.3 Å². The largest absolute Gasteiger partial charge is 0.379 e. The molecule has 114 valence electrons. The molecule has 0 radical (unpaired) electrons. The summed E-state index contributed by atoms with van der Waals surface area (Å²) in [5.41, 5.74) is 2.46. The van der Waals surface area contributed by atoms with Gasteiger partial charge in [0.2, 0.25) is 0 Å². The van der Waals surface area contributed by atoms with Crippen LogP contribution in [0.15, 0.2) is 6.07 Å². The fourth-order valence-corrected chi connectivity index (χ4v) is 3.13. The Kier molecular flexibility index (Phi) is 4.83. The molecule has 1 fully saturated rings. The molecule has 5 heteroatoms. The lowest BCUT2D eigenvalue weighted by Crippen LogP contribution is -2.60. The van der Waals surface area contributed by atoms with Gasteiger partial charge < -0.3 is 10.1 Å². The van der Waals surface area contributed by atoms with Gasteiger partial charge in [-0.3, -0.25) is 9.58 Å². The molecular formula is C15H28N4O. The highest BCUT2D eigenvalue weighted by Crippen LogP contribution is 2.23. The van der Waals surface area contributed by atoms with Crippen LogP contribution in [-0.4, -0.2) is 59.6 Å². The van der Waals surface area contributed by atoms with Crippen molar-refractivity contribution in [1.29, 1.82) is 0 Å². The van der Waals surface area contributed by atoms with Gasteiger partial charge in [-0.05, 0) is 33.9 Å². The molecule has 0 amide bonds. The van der Waals surface area contributed by atoms with Crippen LogP contribution < -0.4 is 5.32 Å². The van der Waals surface area contributed by atoms with Gasteiger partial charge in [0.1, 0.15) is 0 Å². The standard InChI is InChI=1S/C15H28N4O/c1-12-10-13(18(5)17-12)11-14(16-4)15(2,3)19-6-8-20-9-7-19/h10,14,16H,6-9,11H2,1-5H3. The normalized spacial score (nSPS) is 19.2. The highest BCUT2D eigenvalue weighted by atomic mass is 16.5. The second kappa shape index (κ2) is 6.24. The Balaban J connectivity index is 2.11. The maximum Gasteiger partial charge on any atom is 0.0596 e. The molecular weight excluding hydrogens is 252 g/mol. The van der Waals surface area contributed by atoms with E-state index in [1.165, 1.54) is 5.69 Å². The molecule has 1 aromatic rings. The van der Waals surface area contributed by atoms with Crippen LogP contribution in [-0.2, 0) is 18.2 Å². The van der Waals surface area contributed by atoms with Crippen molar-refractivity contribution in [2.75, 3.05) is 33.4 Å². The van der Waals surface area contributed by atoms with E-state index in [1.807, 2.05) is 18.7 Å². The maximum absolute atomic E-state index is 5.47. The number of hydrogen-bond acceptors (Lipinski definition) is 4. The lowest BCUT2D eigenvalue weighted by atomic mass is 9.88. The van der Waals surface area contributed by atoms with E-state index < -0.39 is 0 Å². The van der Waals surface area contributed by atoms with E-state index in [4.69, 9.17) is 4.74 Å². The first-order valence-electron chi connectivity index (χ1n) is 7.44. The number of hydrogen-bond donors (Lipinski definition) is 1. The Morgan fingerprint density at radius 2 is 2.05 bits per heavy atom. The van der Waals surface area contributed by atoms with Gasteiger partial charge in [-0.2, -0.15) is 5.10 Å². The van der Waals surface area contributed by atoms with Gasteiger partial charge in [-0.25, -0.2) is 0 Å². The summed E-state index contributed by atoms with van der Waals surface area (Å²) < 4.78 is 7.47. The quantitative estimate of drug-likeness (QED) is 0.873. The van der Waals surface area contributed by atoms with E-state index in [1.54, 1.807) is 0 Å². The molecule has 0 bridgehead atoms. The van der Waals surface area contributed by atoms with Crippen molar-refractivity contribution in [3.63, 3.8) is 0 Å². The highest BCUT2D eigenvalue weighted by Gasteiger charge is 2.35. The Labute approximate surface area is 122 Å². The minimum atomic E-state index is 0.0940. The third-order valence-electron chi connectivity index (χ3n) is 4.54. The van der Waals surface area contributed by atoms with Gasteiger partial charge in [-0.1, -0.05) is 0 Å². The number of rotatable bonds is 5. The molecule has 2 heterocycles. The van der Waals surface area contributed by atoms with E-state index in [-0.39, 0.29) is 5.54 Å². The molecule has 1 aliphatic rings. The summed E-state index contributed by atoms with van der Waals surface area (Å²) in [6.45, 7) is 10.4. The van der Waals surface area contributed by atoms with Gasteiger partial charge in [0.05, 0.1) is 18.9 Å². The van der Waals surface area contributed by atoms with E-state index >= 15 is 0 Å². The van der Waals surface area contributed by atoms with Gasteiger partial charge in [0.15, 0.2) is 0 Å². The second-order valence-corrected chi connectivity index (χ2v) is 6.20. The molecule has 2 rings (SSSR count). The smallest absolute Gasteiger partial charge is 0.0596 e. The van der Waals surface area contributed by atoms with Crippen LogP contribution in [0.5, 0.6) is 0 Å². The lowest BCUT2D eigenvalue weighted by Gasteiger charge is -2.45. The summed E-state index contributed by atoms with van der Waals surface area (Å²) in [5, 5.41) is 7.95. The predicted molar refractivity (Wildman–Crippen MR) is 81.0 cm³/mol. The number of ether oxygens (including phenoxy) is 1. The van der Waals surface area contributed by atoms with Crippen molar-refractivity contribution in [1.82, 2.24) is 20.0 Å². The molecule has 1 aromatic heterocycles. The fraction of sp³-hybridized carbons (Fsp3) is 0.800. The SMILES string of the molecule is CNC(Cc1cc(C)nn1C)C(C)(C)N1CCOCC1. The van der Waals surface area contributed by atoms with Crippen molar-refractivity contribution in [3.8, 4) is 0 Å². The average molecular weight is 280 g/mol. The van der Waals surface area contributed by atoms with Gasteiger partial charge in [0.25, 0.3) is 0 Å². The van der Waals surface area contributed by atoms with Gasteiger partial charge in [0, 0.05) is 43.8 Å². The van der Waals surface area contributed by atoms with E-state index in [0.29, 0.717) is 6.04 Å². The second-order valence-electron chi connectivity index (χ2n) is 6.20. The number of nitrogens with one attached hydrogen (secondary N) is 1. The Morgan fingerprint density at radius 3 is 2.55 bits per heavy atom. The van der Waals surface area contributed by atoms with Crippen molar-refractivity contribution in [3.05, 3.63) is 17.5 Å². The minimum Gasteiger partial charge on any atom is -0.379 e. The van der Waals surface area contributed by atoms with Crippen molar-refractivity contribution in [2.24, 2.45) is 7.05 Å². The van der Waals surface area contributed by atoms with Crippen molar-refractivity contribution in [2.45, 2.75) is 38.8 Å². The zero-order valence-electron chi connectivity index (χ0n) is 13.4. The molecule has 1 aliphatic heterocycles. The van der Waals surface area contributed by atoms with Crippen LogP contribution >= 0.6 is 0 Å². The maximum atomic E-state index is 5.47. The molecule has 20 heavy (non-hydrogen) atoms. The van der Waals surface area contributed by atoms with Crippen molar-refractivity contribution < 1.29 is 4.74 Å². The first-order valence-corrected chi connectivity index (χ1v) is 7.44. The molecule has 0 spiro atoms. The fourth-order valence-electron chi connectivity index (χ4n) is 3.13. The predicted octanol–water partition coefficient (Wildman–Crippen LogP) is 0.970. The molecule has 5 nitrogen and oxygen atoms in total. The monoisotopic (exact) mass is 280 g/mol. The van der Waals surface area contributed by atoms with Crippen LogP contribution in [0.25, 0.3) is 0 Å². The number of likely N-dealkylation sites (N-methyl/N-ethyl adjacent to an activating group) is 1. The summed E-state index contributed by atoms with van der Waals surface area (Å²) in [4.78, 5) is 2.53. The van der Waals surface area contributed by atoms with Crippen LogP contribution in [0.3, 0.4) is 0 Å². The number of morpholine rings is 1. The summed E-state index contributed by atoms with van der Waals surface area (Å²) >= 11 is 0. The van der Waals surface area contributed by atoms with E-state index in [0.717, 1.165) is 38.4 Å². The summed E-state index contributed by atoms with van der Waals surface area (Å²) in [7, 11) is 4.08. The van der Waals surface area contributed by atoms with E-state index in [9.17, 15) is 0 Å². The third-order valence-corrected chi connectivity index (χ3v) is 4.54. The van der Waals surface area contributed by atoms with Gasteiger partial charge >= 0.3 is 0 Å². The molecule has 1 unspecified atom stereocenters. The first kappa shape index (κ1) is 15.5. The molecule has 1 N–H and O–H groups in total. The summed E-state index contributed by atoms with van der Waals surface area (Å²) in [6.07, 6.45) is 0.984. The third kappa shape index (κ3) is 3.22. The molecule has 0 aliphatic carbocycles. The number of aromatic nitrogens is 2. The molecule has 1 saturated heterocycles. The van der Waals surface area contributed by atoms with Crippen LogP contribution in [0, 0.1) is 6.92 Å². The Hall–Kier alpha value is -0.910. The Bertz CT molecular complexity index is 435. The molecule has 1 atom stereocenters. The lowest BCUT2D eigenvalue weighted by molar-refractivity contribution is -0.0225. The topological polar surface area (TPSA) is 42.3 Å². The zero-order valence-corrected chi connectivity index (χ0v) is 13.4. The van der Waals surface area contributed by atoms with Gasteiger partial charge in [-0.15, -0.1) is 0 Å². The summed E-state index contributed by atoms with van der Waals surface area (Å²) in [6, 6.07) is 2.56. The molecule has 0 aromatic carbocycles. The Morgan fingerprint density at radius 1 is 1.40 bits per heavy atom. The number of aryl methyl sites for hydroxylation is 2. The van der Waals surface area contributed by atoms with Crippen molar-refractivity contribution >= 4 is 0 Å². The first-order chi connectivity index (χ1) is 9.45. The van der Waals surface area contributed by atoms with Crippen LogP contribution in [0.1, 0.15) is 25.2 Å². The summed E-state index contributed by atoms with van der Waals surface area (Å²) in [5.74, 6) is 0. The van der Waals surface area contributed by atoms with Crippen LogP contribution in [0.2, 0.25) is 0 Å². The van der Waals surface area contributed by atoms with Crippen LogP contribution in [0.4, 0.5) is 0 Å². The number of nitrogens with zero attached hydrogens (tertiary/aromatic N) is 3. The molecule has 0 saturated carbocycles. The zero-order chi connectivity index (χ0) is 14.8. The average Bonchev–Trinajstić information content (AvgIpc) is 2.75. The highest BCUT2D eigenvalue weighted by molar-refractivity contribution is 5.12. The minimum absolute atomic E-state index is 0.0940.